The minimum Gasteiger partial charge on any atom is -0.508 e. The van der Waals surface area contributed by atoms with Gasteiger partial charge in [-0.1, -0.05) is 32.3 Å². The number of benzene rings is 3. The molecule has 0 unspecified atom stereocenters. The van der Waals surface area contributed by atoms with Crippen molar-refractivity contribution in [1.29, 1.82) is 0 Å². The van der Waals surface area contributed by atoms with Gasteiger partial charge in [0.15, 0.2) is 0 Å². The maximum absolute atomic E-state index is 13.6. The molecule has 308 valence electrons. The Bertz CT molecular complexity index is 2320. The molecule has 0 bridgehead atoms. The number of anilines is 2. The predicted octanol–water partition coefficient (Wildman–Crippen LogP) is 5.95. The zero-order valence-corrected chi connectivity index (χ0v) is 33.2. The first-order valence-corrected chi connectivity index (χ1v) is 19.8. The molecule has 58 heavy (non-hydrogen) atoms. The zero-order chi connectivity index (χ0) is 42.2. The van der Waals surface area contributed by atoms with Crippen LogP contribution in [0.5, 0.6) is 11.5 Å². The standard InChI is InChI=1S/C34H41N7O5.C6H6O5S/c1-4-6-7-10-21-46-34(44)39-32(35)24-12-15-26(16-13-24)37-23-30-38-27-22-25(14-17-28(27)40(30)3)33(43)41(20-18-31(42)45-5-2)29-11-8-9-19-36-29;7-4-1-2-5(8)6(3-4)12(9,10)11/h8-9,11-17,19,22,37H,4-7,10,18,20-21,23H2,1-3H3,(H2,35,39,44);1-3,7-8H,(H,9,10,11). The summed E-state index contributed by atoms with van der Waals surface area (Å²) < 4.78 is 41.6. The minimum atomic E-state index is -4.47. The molecule has 2 aromatic heterocycles. The van der Waals surface area contributed by atoms with Gasteiger partial charge in [0.2, 0.25) is 0 Å². The van der Waals surface area contributed by atoms with Gasteiger partial charge in [-0.05, 0) is 80.1 Å². The number of carbonyl (C=O) groups excluding carboxylic acids is 3. The van der Waals surface area contributed by atoms with Crippen LogP contribution in [0.4, 0.5) is 16.3 Å². The summed E-state index contributed by atoms with van der Waals surface area (Å²) in [5.74, 6) is -0.328. The summed E-state index contributed by atoms with van der Waals surface area (Å²) in [5, 5.41) is 21.1. The van der Waals surface area contributed by atoms with Crippen molar-refractivity contribution in [3.8, 4) is 11.5 Å². The van der Waals surface area contributed by atoms with Crippen LogP contribution in [0.3, 0.4) is 0 Å². The van der Waals surface area contributed by atoms with E-state index in [9.17, 15) is 22.8 Å². The Balaban J connectivity index is 0.000000530. The molecule has 18 heteroatoms. The first-order chi connectivity index (χ1) is 27.7. The summed E-state index contributed by atoms with van der Waals surface area (Å²) >= 11 is 0. The van der Waals surface area contributed by atoms with E-state index in [1.54, 1.807) is 55.6 Å². The topological polar surface area (TPSA) is 249 Å². The number of aromatic hydroxyl groups is 2. The highest BCUT2D eigenvalue weighted by molar-refractivity contribution is 7.86. The maximum atomic E-state index is 13.6. The van der Waals surface area contributed by atoms with Gasteiger partial charge in [0.25, 0.3) is 16.0 Å². The number of amidine groups is 1. The van der Waals surface area contributed by atoms with E-state index in [-0.39, 0.29) is 43.0 Å². The highest BCUT2D eigenvalue weighted by Gasteiger charge is 2.22. The van der Waals surface area contributed by atoms with Crippen molar-refractivity contribution in [2.45, 2.75) is 57.4 Å². The Morgan fingerprint density at radius 2 is 1.67 bits per heavy atom. The van der Waals surface area contributed by atoms with Gasteiger partial charge >= 0.3 is 12.1 Å². The second kappa shape index (κ2) is 21.1. The van der Waals surface area contributed by atoms with Crippen molar-refractivity contribution in [2.75, 3.05) is 30.0 Å². The third kappa shape index (κ3) is 12.8. The van der Waals surface area contributed by atoms with E-state index in [1.807, 2.05) is 29.8 Å². The van der Waals surface area contributed by atoms with Crippen LogP contribution in [-0.4, -0.2) is 81.3 Å². The van der Waals surface area contributed by atoms with Crippen LogP contribution < -0.4 is 16.0 Å². The number of phenols is 2. The fraction of sp³-hybridized carbons (Fsp3) is 0.300. The van der Waals surface area contributed by atoms with E-state index in [0.717, 1.165) is 60.9 Å². The molecule has 0 saturated heterocycles. The minimum absolute atomic E-state index is 0.0455. The lowest BCUT2D eigenvalue weighted by Gasteiger charge is -2.21. The van der Waals surface area contributed by atoms with Crippen molar-refractivity contribution >= 4 is 56.5 Å². The van der Waals surface area contributed by atoms with Crippen LogP contribution in [0, 0.1) is 0 Å². The van der Waals surface area contributed by atoms with E-state index >= 15 is 0 Å². The number of aliphatic imine (C=N–C) groups is 1. The Morgan fingerprint density at radius 3 is 2.33 bits per heavy atom. The molecule has 0 radical (unpaired) electrons. The van der Waals surface area contributed by atoms with Gasteiger partial charge in [0.05, 0.1) is 37.2 Å². The number of nitrogens with zero attached hydrogens (tertiary/aromatic N) is 5. The van der Waals surface area contributed by atoms with E-state index in [1.165, 1.54) is 4.90 Å². The number of esters is 1. The Labute approximate surface area is 335 Å². The summed E-state index contributed by atoms with van der Waals surface area (Å²) in [6.07, 6.45) is 4.99. The predicted molar refractivity (Wildman–Crippen MR) is 217 cm³/mol. The van der Waals surface area contributed by atoms with Gasteiger partial charge in [-0.15, -0.1) is 0 Å². The van der Waals surface area contributed by atoms with Gasteiger partial charge in [-0.2, -0.15) is 13.4 Å². The number of aromatic nitrogens is 3. The summed E-state index contributed by atoms with van der Waals surface area (Å²) in [6, 6.07) is 20.7. The lowest BCUT2D eigenvalue weighted by atomic mass is 10.1. The zero-order valence-electron chi connectivity index (χ0n) is 32.4. The third-order valence-corrected chi connectivity index (χ3v) is 9.41. The van der Waals surface area contributed by atoms with E-state index in [0.29, 0.717) is 35.6 Å². The van der Waals surface area contributed by atoms with Gasteiger partial charge in [0.1, 0.15) is 33.9 Å². The molecule has 0 spiro atoms. The number of ether oxygens (including phenoxy) is 2. The molecular formula is C40H47N7O10S. The normalized spacial score (nSPS) is 11.3. The van der Waals surface area contributed by atoms with Crippen LogP contribution in [0.2, 0.25) is 0 Å². The van der Waals surface area contributed by atoms with Crippen LogP contribution in [-0.2, 0) is 38.0 Å². The molecule has 5 aromatic rings. The number of fused-ring (bicyclic) bond motifs is 1. The lowest BCUT2D eigenvalue weighted by Crippen LogP contribution is -2.34. The molecular weight excluding hydrogens is 771 g/mol. The first kappa shape index (κ1) is 44.2. The van der Waals surface area contributed by atoms with Crippen LogP contribution in [0.1, 0.15) is 67.7 Å². The first-order valence-electron chi connectivity index (χ1n) is 18.4. The van der Waals surface area contributed by atoms with Crippen molar-refractivity contribution < 1.29 is 47.0 Å². The van der Waals surface area contributed by atoms with Gasteiger partial charge in [-0.25, -0.2) is 14.8 Å². The molecule has 6 N–H and O–H groups in total. The summed E-state index contributed by atoms with van der Waals surface area (Å²) in [7, 11) is -2.55. The largest absolute Gasteiger partial charge is 0.508 e. The number of amides is 2. The van der Waals surface area contributed by atoms with Gasteiger partial charge in [0, 0.05) is 42.7 Å². The Kier molecular flexibility index (Phi) is 16.1. The SMILES string of the molecule is CCCCCCOC(=O)/N=C(/N)c1ccc(NCc2nc3cc(C(=O)N(CCC(=O)OCC)c4ccccn4)ccc3n2C)cc1.O=S(=O)(O)c1cc(O)ccc1O. The van der Waals surface area contributed by atoms with Crippen molar-refractivity contribution in [1.82, 2.24) is 14.5 Å². The molecule has 2 heterocycles. The van der Waals surface area contributed by atoms with Crippen LogP contribution >= 0.6 is 0 Å². The summed E-state index contributed by atoms with van der Waals surface area (Å²) in [6.45, 7) is 5.02. The molecule has 0 atom stereocenters. The monoisotopic (exact) mass is 817 g/mol. The molecule has 0 aliphatic carbocycles. The van der Waals surface area contributed by atoms with Crippen LogP contribution in [0.15, 0.2) is 94.9 Å². The molecule has 0 aliphatic rings. The fourth-order valence-electron chi connectivity index (χ4n) is 5.50. The van der Waals surface area contributed by atoms with Gasteiger partial charge in [-0.3, -0.25) is 19.0 Å². The molecule has 0 aliphatic heterocycles. The molecule has 17 nitrogen and oxygen atoms in total. The molecule has 3 aromatic carbocycles. The highest BCUT2D eigenvalue weighted by Crippen LogP contribution is 2.26. The van der Waals surface area contributed by atoms with Crippen molar-refractivity contribution in [2.24, 2.45) is 17.8 Å². The number of rotatable bonds is 16. The number of carbonyl (C=O) groups is 3. The second-order valence-corrected chi connectivity index (χ2v) is 14.1. The summed E-state index contributed by atoms with van der Waals surface area (Å²) in [4.78, 5) is 51.3. The third-order valence-electron chi connectivity index (χ3n) is 8.52. The Hall–Kier alpha value is -6.53. The number of hydrogen-bond donors (Lipinski definition) is 5. The fourth-order valence-corrected chi connectivity index (χ4v) is 6.10. The average Bonchev–Trinajstić information content (AvgIpc) is 3.52. The number of phenolic OH excluding ortho intramolecular Hbond substituents is 2. The number of hydrogen-bond acceptors (Lipinski definition) is 12. The maximum Gasteiger partial charge on any atom is 0.435 e. The molecule has 2 amide bonds. The average molecular weight is 818 g/mol. The smallest absolute Gasteiger partial charge is 0.435 e. The van der Waals surface area contributed by atoms with E-state index in [2.05, 4.69) is 22.2 Å². The molecule has 5 rings (SSSR count). The number of nitrogens with two attached hydrogens (primary N) is 1. The molecule has 0 saturated carbocycles. The van der Waals surface area contributed by atoms with Crippen molar-refractivity contribution in [3.63, 3.8) is 0 Å². The number of imidazole rings is 1. The van der Waals surface area contributed by atoms with E-state index < -0.39 is 26.9 Å². The number of unbranched alkanes of at least 4 members (excludes halogenated alkanes) is 3. The van der Waals surface area contributed by atoms with Crippen LogP contribution in [0.25, 0.3) is 11.0 Å². The number of pyridine rings is 1. The second-order valence-electron chi connectivity index (χ2n) is 12.7. The summed E-state index contributed by atoms with van der Waals surface area (Å²) in [5.41, 5.74) is 9.40. The van der Waals surface area contributed by atoms with E-state index in [4.69, 9.17) is 35.0 Å². The number of nitrogens with one attached hydrogen (secondary N) is 1. The Morgan fingerprint density at radius 1 is 0.931 bits per heavy atom. The van der Waals surface area contributed by atoms with Crippen molar-refractivity contribution in [3.05, 3.63) is 102 Å². The quantitative estimate of drug-likeness (QED) is 0.0193. The number of aryl methyl sites for hydroxylation is 1. The lowest BCUT2D eigenvalue weighted by molar-refractivity contribution is -0.142. The van der Waals surface area contributed by atoms with Gasteiger partial charge < -0.3 is 35.3 Å². The molecule has 0 fully saturated rings. The highest BCUT2D eigenvalue weighted by atomic mass is 32.2.